The first-order chi connectivity index (χ1) is 30.0. The second-order valence-electron chi connectivity index (χ2n) is 16.5. The second-order valence-corrected chi connectivity index (χ2v) is 16.5. The Morgan fingerprint density at radius 3 is 2.20 bits per heavy atom. The maximum atomic E-state index is 6.26. The van der Waals surface area contributed by atoms with E-state index in [4.69, 9.17) is 4.42 Å². The predicted molar refractivity (Wildman–Crippen MR) is 258 cm³/mol. The van der Waals surface area contributed by atoms with Crippen molar-refractivity contribution in [3.05, 3.63) is 246 Å². The number of para-hydroxylation sites is 1. The van der Waals surface area contributed by atoms with Gasteiger partial charge in [-0.2, -0.15) is 0 Å². The Labute approximate surface area is 357 Å². The van der Waals surface area contributed by atoms with Crippen molar-refractivity contribution in [2.24, 2.45) is 5.92 Å². The number of rotatable bonds is 8. The highest BCUT2D eigenvalue weighted by Gasteiger charge is 2.46. The molecule has 0 amide bonds. The molecule has 0 radical (unpaired) electrons. The first-order valence-electron chi connectivity index (χ1n) is 21.3. The van der Waals surface area contributed by atoms with Gasteiger partial charge in [-0.25, -0.2) is 0 Å². The molecule has 61 heavy (non-hydrogen) atoms. The SMILES string of the molecule is C=C/C=C\C=C(/C)C1(c2ccccc2)c2ccccc2-c2ccc(N(C3=CC(c4ccc5oc6ccccc6c5c4)=CCC3C)c3cc4ccccc4c4ccccc34)cc21. The summed E-state index contributed by atoms with van der Waals surface area (Å²) in [4.78, 5) is 2.58. The summed E-state index contributed by atoms with van der Waals surface area (Å²) in [6.45, 7) is 8.63. The molecular weight excluding hydrogens is 739 g/mol. The van der Waals surface area contributed by atoms with E-state index in [1.165, 1.54) is 77.5 Å². The van der Waals surface area contributed by atoms with Crippen LogP contribution in [0.4, 0.5) is 11.4 Å². The number of anilines is 2. The van der Waals surface area contributed by atoms with Crippen molar-refractivity contribution in [1.82, 2.24) is 0 Å². The van der Waals surface area contributed by atoms with Gasteiger partial charge in [0.05, 0.1) is 11.1 Å². The summed E-state index contributed by atoms with van der Waals surface area (Å²) in [5, 5.41) is 7.23. The maximum Gasteiger partial charge on any atom is 0.135 e. The third-order valence-corrected chi connectivity index (χ3v) is 13.1. The van der Waals surface area contributed by atoms with Crippen LogP contribution in [0.2, 0.25) is 0 Å². The summed E-state index contributed by atoms with van der Waals surface area (Å²) in [6, 6.07) is 62.4. The molecule has 2 unspecified atom stereocenters. The highest BCUT2D eigenvalue weighted by atomic mass is 16.3. The smallest absolute Gasteiger partial charge is 0.135 e. The van der Waals surface area contributed by atoms with E-state index >= 15 is 0 Å². The van der Waals surface area contributed by atoms with Crippen molar-refractivity contribution in [3.63, 3.8) is 0 Å². The average Bonchev–Trinajstić information content (AvgIpc) is 3.83. The minimum Gasteiger partial charge on any atom is -0.456 e. The molecule has 0 bridgehead atoms. The van der Waals surface area contributed by atoms with Crippen LogP contribution >= 0.6 is 0 Å². The Hall–Kier alpha value is -7.42. The monoisotopic (exact) mass is 783 g/mol. The number of fused-ring (bicyclic) bond motifs is 9. The fourth-order valence-corrected chi connectivity index (χ4v) is 10.3. The molecule has 2 atom stereocenters. The average molecular weight is 784 g/mol. The van der Waals surface area contributed by atoms with Gasteiger partial charge in [0.1, 0.15) is 11.2 Å². The van der Waals surface area contributed by atoms with E-state index in [0.29, 0.717) is 0 Å². The lowest BCUT2D eigenvalue weighted by molar-refractivity contribution is 0.668. The lowest BCUT2D eigenvalue weighted by Gasteiger charge is -2.37. The Morgan fingerprint density at radius 2 is 1.34 bits per heavy atom. The Morgan fingerprint density at radius 1 is 0.639 bits per heavy atom. The number of nitrogens with zero attached hydrogens (tertiary/aromatic N) is 1. The standard InChI is InChI=1S/C59H45NO/c1-4-5-7-18-40(3)59(44-20-8-6-9-21-44)53-27-16-14-24-48(53)49-33-32-45(38-54(49)59)60(56-37-43-19-10-11-22-46(43)47-23-12-13-25-50(47)56)55-36-42(30-29-39(55)2)41-31-34-58-52(35-41)51-26-15-17-28-57(51)61-58/h4-28,30-39H,1,29H2,2-3H3/b7-5-,40-18+. The molecule has 8 aromatic carbocycles. The van der Waals surface area contributed by atoms with Crippen LogP contribution in [0.1, 0.15) is 42.5 Å². The molecule has 1 heterocycles. The Balaban J connectivity index is 1.18. The number of benzene rings is 8. The van der Waals surface area contributed by atoms with E-state index in [0.717, 1.165) is 34.0 Å². The van der Waals surface area contributed by atoms with Crippen LogP contribution in [0.25, 0.3) is 60.2 Å². The Kier molecular flexibility index (Phi) is 8.83. The van der Waals surface area contributed by atoms with Crippen molar-refractivity contribution in [2.75, 3.05) is 4.90 Å². The zero-order valence-electron chi connectivity index (χ0n) is 34.5. The largest absolute Gasteiger partial charge is 0.456 e. The summed E-state index contributed by atoms with van der Waals surface area (Å²) in [5.74, 6) is 0.238. The molecule has 0 spiro atoms. The van der Waals surface area contributed by atoms with E-state index in [1.807, 2.05) is 18.2 Å². The van der Waals surface area contributed by atoms with Gasteiger partial charge in [-0.3, -0.25) is 0 Å². The molecule has 0 aliphatic heterocycles. The molecule has 11 rings (SSSR count). The molecule has 2 heteroatoms. The number of hydrogen-bond donors (Lipinski definition) is 0. The van der Waals surface area contributed by atoms with Gasteiger partial charge in [-0.1, -0.05) is 183 Å². The fraction of sp³-hybridized carbons (Fsp3) is 0.0847. The van der Waals surface area contributed by atoms with E-state index in [9.17, 15) is 0 Å². The summed E-state index contributed by atoms with van der Waals surface area (Å²) in [7, 11) is 0. The lowest BCUT2D eigenvalue weighted by atomic mass is 9.67. The van der Waals surface area contributed by atoms with E-state index < -0.39 is 5.41 Å². The van der Waals surface area contributed by atoms with Crippen molar-refractivity contribution >= 4 is 60.4 Å². The molecule has 2 aliphatic rings. The zero-order chi connectivity index (χ0) is 41.1. The number of furan rings is 1. The summed E-state index contributed by atoms with van der Waals surface area (Å²) >= 11 is 0. The maximum absolute atomic E-state index is 6.26. The van der Waals surface area contributed by atoms with Gasteiger partial charge >= 0.3 is 0 Å². The van der Waals surface area contributed by atoms with Gasteiger partial charge < -0.3 is 9.32 Å². The zero-order valence-corrected chi connectivity index (χ0v) is 34.5. The van der Waals surface area contributed by atoms with Gasteiger partial charge in [0.2, 0.25) is 0 Å². The third-order valence-electron chi connectivity index (χ3n) is 13.1. The summed E-state index contributed by atoms with van der Waals surface area (Å²) in [5.41, 5.74) is 14.9. The molecule has 1 aromatic heterocycles. The van der Waals surface area contributed by atoms with Crippen molar-refractivity contribution < 1.29 is 4.42 Å². The van der Waals surface area contributed by atoms with Crippen LogP contribution in [-0.4, -0.2) is 0 Å². The van der Waals surface area contributed by atoms with Crippen molar-refractivity contribution in [3.8, 4) is 11.1 Å². The highest BCUT2D eigenvalue weighted by Crippen LogP contribution is 2.58. The Bertz CT molecular complexity index is 3340. The van der Waals surface area contributed by atoms with E-state index in [1.54, 1.807) is 0 Å². The van der Waals surface area contributed by atoms with Crippen LogP contribution in [0.15, 0.2) is 229 Å². The minimum absolute atomic E-state index is 0.238. The summed E-state index contributed by atoms with van der Waals surface area (Å²) < 4.78 is 6.26. The van der Waals surface area contributed by atoms with Gasteiger partial charge in [0.25, 0.3) is 0 Å². The first kappa shape index (κ1) is 36.6. The van der Waals surface area contributed by atoms with Crippen LogP contribution in [0.5, 0.6) is 0 Å². The molecular formula is C59H45NO. The molecule has 2 nitrogen and oxygen atoms in total. The van der Waals surface area contributed by atoms with Crippen molar-refractivity contribution in [1.29, 1.82) is 0 Å². The predicted octanol–water partition coefficient (Wildman–Crippen LogP) is 16.0. The quantitative estimate of drug-likeness (QED) is 0.113. The normalized spacial score (nSPS) is 17.5. The molecule has 2 aliphatic carbocycles. The number of hydrogen-bond acceptors (Lipinski definition) is 2. The molecule has 0 N–H and O–H groups in total. The summed E-state index contributed by atoms with van der Waals surface area (Å²) in [6.07, 6.45) is 14.0. The number of allylic oxidation sites excluding steroid dienone is 9. The van der Waals surface area contributed by atoms with Crippen LogP contribution in [0, 0.1) is 5.92 Å². The van der Waals surface area contributed by atoms with Gasteiger partial charge in [0.15, 0.2) is 0 Å². The second kappa shape index (κ2) is 14.7. The molecule has 0 saturated heterocycles. The van der Waals surface area contributed by atoms with Crippen LogP contribution in [0.3, 0.4) is 0 Å². The minimum atomic E-state index is -0.522. The van der Waals surface area contributed by atoms with Crippen molar-refractivity contribution in [2.45, 2.75) is 25.7 Å². The highest BCUT2D eigenvalue weighted by molar-refractivity contribution is 6.14. The van der Waals surface area contributed by atoms with E-state index in [-0.39, 0.29) is 5.92 Å². The van der Waals surface area contributed by atoms with Gasteiger partial charge in [0, 0.05) is 33.5 Å². The topological polar surface area (TPSA) is 16.4 Å². The first-order valence-corrected chi connectivity index (χ1v) is 21.3. The fourth-order valence-electron chi connectivity index (χ4n) is 10.3. The lowest BCUT2D eigenvalue weighted by Crippen LogP contribution is -2.29. The molecule has 9 aromatic rings. The van der Waals surface area contributed by atoms with Crippen LogP contribution < -0.4 is 4.90 Å². The van der Waals surface area contributed by atoms with Gasteiger partial charge in [-0.15, -0.1) is 0 Å². The van der Waals surface area contributed by atoms with E-state index in [2.05, 4.69) is 213 Å². The van der Waals surface area contributed by atoms with Gasteiger partial charge in [-0.05, 0) is 111 Å². The van der Waals surface area contributed by atoms with Crippen LogP contribution in [-0.2, 0) is 5.41 Å². The molecule has 0 fully saturated rings. The third kappa shape index (κ3) is 5.78. The molecule has 292 valence electrons. The molecule has 0 saturated carbocycles.